The summed E-state index contributed by atoms with van der Waals surface area (Å²) < 4.78 is 14.3. The molecule has 0 bridgehead atoms. The molecule has 1 saturated heterocycles. The molecule has 9 heteroatoms. The van der Waals surface area contributed by atoms with E-state index in [9.17, 15) is 19.1 Å². The molecule has 1 heterocycles. The molecule has 2 aliphatic rings. The normalized spacial score (nSPS) is 21.2. The van der Waals surface area contributed by atoms with E-state index >= 15 is 0 Å². The highest BCUT2D eigenvalue weighted by Crippen LogP contribution is 2.40. The Labute approximate surface area is 225 Å². The fraction of sp³-hybridized carbons (Fsp3) is 0.714. The van der Waals surface area contributed by atoms with E-state index in [1.54, 1.807) is 11.0 Å². The Bertz CT molecular complexity index is 878. The van der Waals surface area contributed by atoms with Gasteiger partial charge in [-0.1, -0.05) is 43.7 Å². The maximum absolute atomic E-state index is 14.3. The first-order chi connectivity index (χ1) is 17.7. The molecule has 0 radical (unpaired) electrons. The Morgan fingerprint density at radius 1 is 1.19 bits per heavy atom. The Balaban J connectivity index is 1.71. The van der Waals surface area contributed by atoms with Crippen molar-refractivity contribution in [1.82, 2.24) is 20.9 Å². The number of piperidine rings is 1. The molecule has 1 aromatic rings. The van der Waals surface area contributed by atoms with Gasteiger partial charge in [0.1, 0.15) is 5.82 Å². The van der Waals surface area contributed by atoms with Crippen molar-refractivity contribution in [2.24, 2.45) is 11.8 Å². The van der Waals surface area contributed by atoms with Crippen molar-refractivity contribution in [2.75, 3.05) is 33.2 Å². The molecule has 7 nitrogen and oxygen atoms in total. The summed E-state index contributed by atoms with van der Waals surface area (Å²) in [4.78, 5) is 26.5. The Hall–Kier alpha value is -1.90. The molecule has 2 fully saturated rings. The van der Waals surface area contributed by atoms with Crippen LogP contribution in [-0.2, 0) is 10.4 Å². The number of amides is 3. The van der Waals surface area contributed by atoms with Gasteiger partial charge >= 0.3 is 6.03 Å². The highest BCUT2D eigenvalue weighted by molar-refractivity contribution is 6.30. The first kappa shape index (κ1) is 29.7. The minimum atomic E-state index is -1.38. The molecule has 4 N–H and O–H groups in total. The highest BCUT2D eigenvalue weighted by Gasteiger charge is 2.41. The Morgan fingerprint density at radius 2 is 1.95 bits per heavy atom. The van der Waals surface area contributed by atoms with Gasteiger partial charge in [0, 0.05) is 50.1 Å². The van der Waals surface area contributed by atoms with E-state index in [0.717, 1.165) is 12.8 Å². The molecular weight excluding hydrogens is 495 g/mol. The lowest BCUT2D eigenvalue weighted by Gasteiger charge is -2.43. The third-order valence-corrected chi connectivity index (χ3v) is 8.19. The maximum atomic E-state index is 14.3. The zero-order valence-corrected chi connectivity index (χ0v) is 23.1. The molecule has 1 saturated carbocycles. The lowest BCUT2D eigenvalue weighted by molar-refractivity contribution is -0.119. The molecule has 1 aliphatic carbocycles. The lowest BCUT2D eigenvalue weighted by atomic mass is 9.74. The van der Waals surface area contributed by atoms with Gasteiger partial charge in [-0.25, -0.2) is 9.18 Å². The number of hydrogen-bond acceptors (Lipinski definition) is 4. The minimum absolute atomic E-state index is 0.0551. The van der Waals surface area contributed by atoms with Crippen LogP contribution in [0.15, 0.2) is 18.2 Å². The van der Waals surface area contributed by atoms with Crippen LogP contribution >= 0.6 is 11.6 Å². The molecular formula is C28H44ClFN4O3. The summed E-state index contributed by atoms with van der Waals surface area (Å²) in [5.74, 6) is -0.288. The van der Waals surface area contributed by atoms with Crippen molar-refractivity contribution >= 4 is 23.5 Å². The van der Waals surface area contributed by atoms with E-state index in [1.165, 1.54) is 51.2 Å². The monoisotopic (exact) mass is 538 g/mol. The third kappa shape index (κ3) is 8.82. The van der Waals surface area contributed by atoms with Crippen LogP contribution in [0.1, 0.15) is 76.7 Å². The predicted octanol–water partition coefficient (Wildman–Crippen LogP) is 4.56. The quantitative estimate of drug-likeness (QED) is 0.311. The first-order valence-electron chi connectivity index (χ1n) is 13.8. The summed E-state index contributed by atoms with van der Waals surface area (Å²) in [5, 5.41) is 21.4. The van der Waals surface area contributed by atoms with Crippen molar-refractivity contribution in [2.45, 2.75) is 82.8 Å². The van der Waals surface area contributed by atoms with Crippen molar-refractivity contribution in [3.8, 4) is 0 Å². The van der Waals surface area contributed by atoms with Crippen LogP contribution in [-0.4, -0.2) is 61.2 Å². The van der Waals surface area contributed by atoms with E-state index in [2.05, 4.69) is 16.0 Å². The molecule has 3 unspecified atom stereocenters. The number of carbonyl (C=O) groups is 2. The Morgan fingerprint density at radius 3 is 2.62 bits per heavy atom. The number of carbonyl (C=O) groups excluding carboxylic acids is 2. The second kappa shape index (κ2) is 14.3. The molecule has 37 heavy (non-hydrogen) atoms. The number of halogens is 2. The SMILES string of the molecule is CNCC(CC1CCCCC1)NC(=O)N1CCCC(C(O)(CCCNC(C)=O)c2cc(F)cc(Cl)c2)C1. The van der Waals surface area contributed by atoms with Gasteiger partial charge in [0.25, 0.3) is 0 Å². The summed E-state index contributed by atoms with van der Waals surface area (Å²) in [6, 6.07) is 4.10. The molecule has 1 aromatic carbocycles. The summed E-state index contributed by atoms with van der Waals surface area (Å²) in [6.07, 6.45) is 9.54. The van der Waals surface area contributed by atoms with E-state index in [-0.39, 0.29) is 28.9 Å². The number of aliphatic hydroxyl groups is 1. The van der Waals surface area contributed by atoms with E-state index in [1.807, 2.05) is 7.05 Å². The van der Waals surface area contributed by atoms with Crippen molar-refractivity contribution < 1.29 is 19.1 Å². The number of benzene rings is 1. The van der Waals surface area contributed by atoms with E-state index in [4.69, 9.17) is 11.6 Å². The van der Waals surface area contributed by atoms with Crippen LogP contribution in [0.25, 0.3) is 0 Å². The predicted molar refractivity (Wildman–Crippen MR) is 145 cm³/mol. The maximum Gasteiger partial charge on any atom is 0.317 e. The summed E-state index contributed by atoms with van der Waals surface area (Å²) in [7, 11) is 1.90. The lowest BCUT2D eigenvalue weighted by Crippen LogP contribution is -2.54. The molecule has 0 aromatic heterocycles. The van der Waals surface area contributed by atoms with Gasteiger partial charge in [0.15, 0.2) is 0 Å². The number of nitrogens with one attached hydrogen (secondary N) is 3. The van der Waals surface area contributed by atoms with Crippen LogP contribution in [0.4, 0.5) is 9.18 Å². The van der Waals surface area contributed by atoms with Gasteiger partial charge in [-0.2, -0.15) is 0 Å². The number of hydrogen-bond donors (Lipinski definition) is 4. The number of rotatable bonds is 11. The van der Waals surface area contributed by atoms with Gasteiger partial charge < -0.3 is 26.0 Å². The van der Waals surface area contributed by atoms with Crippen LogP contribution in [0.2, 0.25) is 5.02 Å². The number of urea groups is 1. The van der Waals surface area contributed by atoms with Crippen molar-refractivity contribution in [1.29, 1.82) is 0 Å². The van der Waals surface area contributed by atoms with E-state index < -0.39 is 11.4 Å². The van der Waals surface area contributed by atoms with Gasteiger partial charge in [0.2, 0.25) is 5.91 Å². The second-order valence-electron chi connectivity index (χ2n) is 10.9. The molecule has 3 atom stereocenters. The number of likely N-dealkylation sites (N-methyl/N-ethyl adjacent to an activating group) is 1. The van der Waals surface area contributed by atoms with Crippen molar-refractivity contribution in [3.63, 3.8) is 0 Å². The van der Waals surface area contributed by atoms with Crippen LogP contribution in [0, 0.1) is 17.7 Å². The van der Waals surface area contributed by atoms with Gasteiger partial charge in [0.05, 0.1) is 5.60 Å². The first-order valence-corrected chi connectivity index (χ1v) is 14.2. The van der Waals surface area contributed by atoms with Gasteiger partial charge in [-0.3, -0.25) is 4.79 Å². The molecule has 0 spiro atoms. The summed E-state index contributed by atoms with van der Waals surface area (Å²) in [5.41, 5.74) is -0.965. The fourth-order valence-corrected chi connectivity index (χ4v) is 6.31. The zero-order chi connectivity index (χ0) is 26.8. The van der Waals surface area contributed by atoms with Crippen LogP contribution in [0.3, 0.4) is 0 Å². The average molecular weight is 539 g/mol. The fourth-order valence-electron chi connectivity index (χ4n) is 6.09. The summed E-state index contributed by atoms with van der Waals surface area (Å²) >= 11 is 6.16. The third-order valence-electron chi connectivity index (χ3n) is 7.98. The molecule has 3 rings (SSSR count). The topological polar surface area (TPSA) is 93.7 Å². The molecule has 1 aliphatic heterocycles. The van der Waals surface area contributed by atoms with E-state index in [0.29, 0.717) is 56.9 Å². The molecule has 208 valence electrons. The van der Waals surface area contributed by atoms with Gasteiger partial charge in [-0.15, -0.1) is 0 Å². The van der Waals surface area contributed by atoms with Crippen LogP contribution < -0.4 is 16.0 Å². The average Bonchev–Trinajstić information content (AvgIpc) is 2.86. The summed E-state index contributed by atoms with van der Waals surface area (Å²) in [6.45, 7) is 3.56. The second-order valence-corrected chi connectivity index (χ2v) is 11.3. The van der Waals surface area contributed by atoms with Gasteiger partial charge in [-0.05, 0) is 68.8 Å². The largest absolute Gasteiger partial charge is 0.385 e. The van der Waals surface area contributed by atoms with Crippen molar-refractivity contribution in [3.05, 3.63) is 34.6 Å². The number of nitrogens with zero attached hydrogens (tertiary/aromatic N) is 1. The molecule has 3 amide bonds. The smallest absolute Gasteiger partial charge is 0.317 e. The minimum Gasteiger partial charge on any atom is -0.385 e. The van der Waals surface area contributed by atoms with Crippen LogP contribution in [0.5, 0.6) is 0 Å². The Kier molecular flexibility index (Phi) is 11.5. The standard InChI is InChI=1S/C28H44ClFN4O3/c1-20(35)32-12-7-11-28(37,23-15-24(29)17-25(30)16-23)22-10-6-13-34(19-22)27(36)33-26(18-31-2)14-21-8-4-3-5-9-21/h15-17,21-22,26,31,37H,3-14,18-19H2,1-2H3,(H,32,35)(H,33,36). The zero-order valence-electron chi connectivity index (χ0n) is 22.3. The highest BCUT2D eigenvalue weighted by atomic mass is 35.5. The number of likely N-dealkylation sites (tertiary alicyclic amines) is 1.